The van der Waals surface area contributed by atoms with Crippen molar-refractivity contribution in [3.05, 3.63) is 29.9 Å². The first-order chi connectivity index (χ1) is 8.92. The lowest BCUT2D eigenvalue weighted by Crippen LogP contribution is -2.29. The minimum absolute atomic E-state index is 0.561. The fourth-order valence-corrected chi connectivity index (χ4v) is 2.84. The van der Waals surface area contributed by atoms with Gasteiger partial charge in [-0.05, 0) is 30.8 Å². The molecule has 0 amide bonds. The molecule has 0 spiro atoms. The number of anilines is 1. The van der Waals surface area contributed by atoms with Crippen LogP contribution in [0.15, 0.2) is 29.9 Å². The number of nitrogens with zero attached hydrogens (tertiary/aromatic N) is 2. The standard InChI is InChI=1S/C13H16N4S/c1-3-11(14-5-1)9-17-13-15-7-10(8-16-13)12-4-2-6-18-12/h2,4,6-8,11,14H,1,3,5,9H2,(H,15,16,17). The fraction of sp³-hybridized carbons (Fsp3) is 0.385. The molecule has 3 heterocycles. The Morgan fingerprint density at radius 1 is 1.39 bits per heavy atom. The normalized spacial score (nSPS) is 19.0. The molecule has 94 valence electrons. The quantitative estimate of drug-likeness (QED) is 0.886. The third kappa shape index (κ3) is 2.68. The molecule has 0 aliphatic carbocycles. The van der Waals surface area contributed by atoms with Crippen molar-refractivity contribution in [1.29, 1.82) is 0 Å². The van der Waals surface area contributed by atoms with Gasteiger partial charge in [0.1, 0.15) is 0 Å². The van der Waals surface area contributed by atoms with Crippen molar-refractivity contribution in [2.45, 2.75) is 18.9 Å². The summed E-state index contributed by atoms with van der Waals surface area (Å²) in [5, 5.41) is 8.78. The van der Waals surface area contributed by atoms with Crippen LogP contribution in [-0.4, -0.2) is 29.1 Å². The molecule has 18 heavy (non-hydrogen) atoms. The van der Waals surface area contributed by atoms with Gasteiger partial charge in [-0.3, -0.25) is 0 Å². The molecule has 1 aliphatic heterocycles. The summed E-state index contributed by atoms with van der Waals surface area (Å²) in [5.74, 6) is 0.712. The van der Waals surface area contributed by atoms with Crippen LogP contribution >= 0.6 is 11.3 Å². The summed E-state index contributed by atoms with van der Waals surface area (Å²) >= 11 is 1.71. The Labute approximate surface area is 110 Å². The maximum absolute atomic E-state index is 4.35. The van der Waals surface area contributed by atoms with Gasteiger partial charge >= 0.3 is 0 Å². The van der Waals surface area contributed by atoms with E-state index in [9.17, 15) is 0 Å². The number of hydrogen-bond acceptors (Lipinski definition) is 5. The van der Waals surface area contributed by atoms with E-state index in [2.05, 4.69) is 32.0 Å². The Hall–Kier alpha value is -1.46. The first-order valence-electron chi connectivity index (χ1n) is 6.25. The summed E-state index contributed by atoms with van der Waals surface area (Å²) in [6, 6.07) is 4.68. The Kier molecular flexibility index (Phi) is 3.52. The van der Waals surface area contributed by atoms with Gasteiger partial charge in [-0.2, -0.15) is 0 Å². The van der Waals surface area contributed by atoms with Crippen LogP contribution in [0, 0.1) is 0 Å². The summed E-state index contributed by atoms with van der Waals surface area (Å²) in [5.41, 5.74) is 1.08. The average Bonchev–Trinajstić information content (AvgIpc) is 3.10. The molecule has 2 aromatic heterocycles. The second-order valence-corrected chi connectivity index (χ2v) is 5.39. The highest BCUT2D eigenvalue weighted by atomic mass is 32.1. The molecule has 4 nitrogen and oxygen atoms in total. The average molecular weight is 260 g/mol. The van der Waals surface area contributed by atoms with Gasteiger partial charge in [-0.15, -0.1) is 11.3 Å². The van der Waals surface area contributed by atoms with Crippen molar-refractivity contribution in [3.8, 4) is 10.4 Å². The monoisotopic (exact) mass is 260 g/mol. The lowest BCUT2D eigenvalue weighted by Gasteiger charge is -2.11. The van der Waals surface area contributed by atoms with Crippen LogP contribution in [0.5, 0.6) is 0 Å². The van der Waals surface area contributed by atoms with E-state index in [1.54, 1.807) is 11.3 Å². The van der Waals surface area contributed by atoms with Crippen LogP contribution in [-0.2, 0) is 0 Å². The van der Waals surface area contributed by atoms with E-state index in [1.807, 2.05) is 18.5 Å². The van der Waals surface area contributed by atoms with Crippen molar-refractivity contribution in [2.75, 3.05) is 18.4 Å². The Morgan fingerprint density at radius 3 is 2.94 bits per heavy atom. The van der Waals surface area contributed by atoms with Crippen molar-refractivity contribution in [3.63, 3.8) is 0 Å². The predicted molar refractivity (Wildman–Crippen MR) is 74.9 cm³/mol. The first kappa shape index (κ1) is 11.6. The van der Waals surface area contributed by atoms with Gasteiger partial charge in [0, 0.05) is 35.4 Å². The van der Waals surface area contributed by atoms with Gasteiger partial charge in [0.15, 0.2) is 0 Å². The molecule has 0 saturated carbocycles. The zero-order valence-corrected chi connectivity index (χ0v) is 10.9. The van der Waals surface area contributed by atoms with E-state index in [0.29, 0.717) is 12.0 Å². The zero-order chi connectivity index (χ0) is 12.2. The second-order valence-electron chi connectivity index (χ2n) is 4.45. The van der Waals surface area contributed by atoms with Gasteiger partial charge in [-0.25, -0.2) is 9.97 Å². The minimum Gasteiger partial charge on any atom is -0.353 e. The molecule has 1 saturated heterocycles. The number of rotatable bonds is 4. The van der Waals surface area contributed by atoms with E-state index < -0.39 is 0 Å². The Bertz CT molecular complexity index is 474. The summed E-state index contributed by atoms with van der Waals surface area (Å²) in [6.45, 7) is 2.03. The maximum Gasteiger partial charge on any atom is 0.222 e. The molecule has 1 aliphatic rings. The first-order valence-corrected chi connectivity index (χ1v) is 7.13. The highest BCUT2D eigenvalue weighted by Gasteiger charge is 2.13. The Balaban J connectivity index is 1.60. The van der Waals surface area contributed by atoms with E-state index in [0.717, 1.165) is 18.7 Å². The number of hydrogen-bond donors (Lipinski definition) is 2. The topological polar surface area (TPSA) is 49.8 Å². The highest BCUT2D eigenvalue weighted by Crippen LogP contribution is 2.23. The van der Waals surface area contributed by atoms with Gasteiger partial charge in [-0.1, -0.05) is 6.07 Å². The Morgan fingerprint density at radius 2 is 2.28 bits per heavy atom. The molecule has 0 aromatic carbocycles. The number of thiophene rings is 1. The van der Waals surface area contributed by atoms with Gasteiger partial charge < -0.3 is 10.6 Å². The van der Waals surface area contributed by atoms with Gasteiger partial charge in [0.25, 0.3) is 0 Å². The lowest BCUT2D eigenvalue weighted by atomic mass is 10.2. The van der Waals surface area contributed by atoms with Crippen LogP contribution in [0.25, 0.3) is 10.4 Å². The molecule has 0 bridgehead atoms. The van der Waals surface area contributed by atoms with Crippen molar-refractivity contribution >= 4 is 17.3 Å². The van der Waals surface area contributed by atoms with Crippen LogP contribution in [0.3, 0.4) is 0 Å². The summed E-state index contributed by atoms with van der Waals surface area (Å²) < 4.78 is 0. The lowest BCUT2D eigenvalue weighted by molar-refractivity contribution is 0.631. The van der Waals surface area contributed by atoms with Crippen molar-refractivity contribution < 1.29 is 0 Å². The highest BCUT2D eigenvalue weighted by molar-refractivity contribution is 7.13. The summed E-state index contributed by atoms with van der Waals surface area (Å²) in [7, 11) is 0. The second kappa shape index (κ2) is 5.46. The van der Waals surface area contributed by atoms with Crippen molar-refractivity contribution in [2.24, 2.45) is 0 Å². The molecule has 1 atom stereocenters. The van der Waals surface area contributed by atoms with Crippen LogP contribution in [0.4, 0.5) is 5.95 Å². The fourth-order valence-electron chi connectivity index (χ4n) is 2.13. The molecule has 1 fully saturated rings. The number of aromatic nitrogens is 2. The third-order valence-electron chi connectivity index (χ3n) is 3.13. The molecule has 2 aromatic rings. The molecule has 5 heteroatoms. The number of nitrogens with one attached hydrogen (secondary N) is 2. The zero-order valence-electron chi connectivity index (χ0n) is 10.1. The maximum atomic E-state index is 4.35. The molecule has 0 radical (unpaired) electrons. The van der Waals surface area contributed by atoms with Gasteiger partial charge in [0.2, 0.25) is 5.95 Å². The van der Waals surface area contributed by atoms with Crippen molar-refractivity contribution in [1.82, 2.24) is 15.3 Å². The van der Waals surface area contributed by atoms with Crippen LogP contribution in [0.1, 0.15) is 12.8 Å². The molecule has 3 rings (SSSR count). The molecule has 1 unspecified atom stereocenters. The largest absolute Gasteiger partial charge is 0.353 e. The van der Waals surface area contributed by atoms with Crippen LogP contribution in [0.2, 0.25) is 0 Å². The SMILES string of the molecule is c1csc(-c2cnc(NCC3CCCN3)nc2)c1. The smallest absolute Gasteiger partial charge is 0.222 e. The molecule has 2 N–H and O–H groups in total. The molecular weight excluding hydrogens is 244 g/mol. The van der Waals surface area contributed by atoms with Crippen LogP contribution < -0.4 is 10.6 Å². The third-order valence-corrected chi connectivity index (χ3v) is 4.05. The van der Waals surface area contributed by atoms with E-state index in [-0.39, 0.29) is 0 Å². The predicted octanol–water partition coefficient (Wildman–Crippen LogP) is 2.37. The van der Waals surface area contributed by atoms with E-state index in [1.165, 1.54) is 17.7 Å². The minimum atomic E-state index is 0.561. The summed E-state index contributed by atoms with van der Waals surface area (Å²) in [4.78, 5) is 9.91. The van der Waals surface area contributed by atoms with Gasteiger partial charge in [0.05, 0.1) is 0 Å². The summed E-state index contributed by atoms with van der Waals surface area (Å²) in [6.07, 6.45) is 6.26. The molecular formula is C13H16N4S. The van der Waals surface area contributed by atoms with E-state index >= 15 is 0 Å². The van der Waals surface area contributed by atoms with E-state index in [4.69, 9.17) is 0 Å².